The quantitative estimate of drug-likeness (QED) is 0.693. The average Bonchev–Trinajstić information content (AvgIpc) is 3.12. The molecule has 1 aliphatic heterocycles. The number of rotatable bonds is 4. The summed E-state index contributed by atoms with van der Waals surface area (Å²) in [5.74, 6) is -1.65. The Bertz CT molecular complexity index is 1020. The van der Waals surface area contributed by atoms with Gasteiger partial charge in [-0.25, -0.2) is 13.5 Å². The summed E-state index contributed by atoms with van der Waals surface area (Å²) in [5, 5.41) is 7.09. The monoisotopic (exact) mass is 376 g/mol. The molecule has 1 N–H and O–H groups in total. The molecule has 0 unspecified atom stereocenters. The molecule has 1 aliphatic rings. The van der Waals surface area contributed by atoms with Crippen LogP contribution in [0.5, 0.6) is 5.75 Å². The van der Waals surface area contributed by atoms with Gasteiger partial charge in [-0.3, -0.25) is 0 Å². The third-order valence-corrected chi connectivity index (χ3v) is 4.09. The maximum Gasteiger partial charge on any atom is 0.387 e. The van der Waals surface area contributed by atoms with Crippen LogP contribution in [0.15, 0.2) is 54.9 Å². The Balaban J connectivity index is 1.82. The highest BCUT2D eigenvalue weighted by atomic mass is 19.3. The van der Waals surface area contributed by atoms with Crippen molar-refractivity contribution in [3.05, 3.63) is 77.6 Å². The van der Waals surface area contributed by atoms with Crippen molar-refractivity contribution in [2.45, 2.75) is 12.7 Å². The number of alkyl halides is 2. The van der Waals surface area contributed by atoms with Crippen molar-refractivity contribution in [3.63, 3.8) is 0 Å². The molecular weight excluding hydrogens is 364 g/mol. The maximum absolute atomic E-state index is 13.6. The van der Waals surface area contributed by atoms with Gasteiger partial charge in [0.25, 0.3) is 0 Å². The largest absolute Gasteiger partial charge is 0.434 e. The van der Waals surface area contributed by atoms with Crippen LogP contribution in [0.3, 0.4) is 0 Å². The van der Waals surface area contributed by atoms with Crippen molar-refractivity contribution in [2.75, 3.05) is 5.32 Å². The van der Waals surface area contributed by atoms with Gasteiger partial charge in [0.1, 0.15) is 18.1 Å². The van der Waals surface area contributed by atoms with E-state index in [1.807, 2.05) is 0 Å². The summed E-state index contributed by atoms with van der Waals surface area (Å²) in [4.78, 5) is 4.08. The molecule has 0 radical (unpaired) electrons. The first-order valence-electron chi connectivity index (χ1n) is 7.90. The zero-order valence-corrected chi connectivity index (χ0v) is 13.6. The molecule has 0 aliphatic carbocycles. The summed E-state index contributed by atoms with van der Waals surface area (Å²) in [6.45, 7) is -2.99. The predicted molar refractivity (Wildman–Crippen MR) is 89.2 cm³/mol. The minimum absolute atomic E-state index is 0.0123. The van der Waals surface area contributed by atoms with E-state index in [1.54, 1.807) is 24.3 Å². The van der Waals surface area contributed by atoms with E-state index >= 15 is 0 Å². The van der Waals surface area contributed by atoms with Gasteiger partial charge in [0, 0.05) is 16.8 Å². The molecule has 27 heavy (non-hydrogen) atoms. The molecule has 1 atom stereocenters. The Morgan fingerprint density at radius 1 is 1.07 bits per heavy atom. The zero-order valence-electron chi connectivity index (χ0n) is 13.6. The first-order valence-corrected chi connectivity index (χ1v) is 7.90. The average molecular weight is 376 g/mol. The number of halogens is 4. The van der Waals surface area contributed by atoms with E-state index in [-0.39, 0.29) is 5.75 Å². The molecule has 0 saturated heterocycles. The van der Waals surface area contributed by atoms with E-state index in [9.17, 15) is 17.6 Å². The van der Waals surface area contributed by atoms with Crippen molar-refractivity contribution in [2.24, 2.45) is 0 Å². The number of hydrogen-bond acceptors (Lipinski definition) is 4. The molecule has 4 rings (SSSR count). The van der Waals surface area contributed by atoms with Gasteiger partial charge in [0.15, 0.2) is 11.6 Å². The summed E-state index contributed by atoms with van der Waals surface area (Å²) in [5.41, 5.74) is 1.23. The van der Waals surface area contributed by atoms with Crippen molar-refractivity contribution in [3.8, 4) is 5.75 Å². The number of nitrogens with one attached hydrogen (secondary N) is 1. The predicted octanol–water partition coefficient (Wildman–Crippen LogP) is 4.21. The molecule has 0 spiro atoms. The molecule has 2 aromatic carbocycles. The summed E-state index contributed by atoms with van der Waals surface area (Å²) in [7, 11) is 0. The Hall–Kier alpha value is -3.36. The third-order valence-electron chi connectivity index (χ3n) is 4.09. The molecule has 0 fully saturated rings. The molecule has 3 aromatic rings. The van der Waals surface area contributed by atoms with Gasteiger partial charge in [-0.2, -0.15) is 18.9 Å². The van der Waals surface area contributed by atoms with E-state index in [0.29, 0.717) is 22.8 Å². The number of ether oxygens (including phenoxy) is 1. The third kappa shape index (κ3) is 3.23. The SMILES string of the molecule is Fc1ccc(C2=C[C@@H](c3ccccc3OC(F)F)n3ncnc3N2)cc1F. The lowest BCUT2D eigenvalue weighted by molar-refractivity contribution is -0.0506. The molecule has 5 nitrogen and oxygen atoms in total. The lowest BCUT2D eigenvalue weighted by Crippen LogP contribution is -2.21. The molecule has 138 valence electrons. The maximum atomic E-state index is 13.6. The zero-order chi connectivity index (χ0) is 19.0. The van der Waals surface area contributed by atoms with Crippen molar-refractivity contribution >= 4 is 11.6 Å². The molecule has 0 amide bonds. The van der Waals surface area contributed by atoms with Crippen LogP contribution in [-0.2, 0) is 0 Å². The number of nitrogens with zero attached hydrogens (tertiary/aromatic N) is 3. The van der Waals surface area contributed by atoms with Crippen LogP contribution in [0.2, 0.25) is 0 Å². The van der Waals surface area contributed by atoms with E-state index in [0.717, 1.165) is 12.1 Å². The Labute approximate surface area is 150 Å². The normalized spacial score (nSPS) is 15.9. The van der Waals surface area contributed by atoms with Crippen LogP contribution in [0.25, 0.3) is 5.70 Å². The van der Waals surface area contributed by atoms with Gasteiger partial charge in [-0.05, 0) is 30.3 Å². The number of allylic oxidation sites excluding steroid dienone is 1. The van der Waals surface area contributed by atoms with Gasteiger partial charge >= 0.3 is 6.61 Å². The van der Waals surface area contributed by atoms with Crippen molar-refractivity contribution in [1.29, 1.82) is 0 Å². The molecule has 2 heterocycles. The minimum Gasteiger partial charge on any atom is -0.434 e. The van der Waals surface area contributed by atoms with Crippen LogP contribution in [0.1, 0.15) is 17.2 Å². The summed E-state index contributed by atoms with van der Waals surface area (Å²) >= 11 is 0. The second-order valence-corrected chi connectivity index (χ2v) is 5.72. The number of fused-ring (bicyclic) bond motifs is 1. The fourth-order valence-corrected chi connectivity index (χ4v) is 2.92. The van der Waals surface area contributed by atoms with Gasteiger partial charge in [-0.15, -0.1) is 0 Å². The van der Waals surface area contributed by atoms with E-state index in [2.05, 4.69) is 20.1 Å². The lowest BCUT2D eigenvalue weighted by Gasteiger charge is -2.25. The number of benzene rings is 2. The number of aromatic nitrogens is 3. The second kappa shape index (κ2) is 6.75. The fourth-order valence-electron chi connectivity index (χ4n) is 2.92. The molecule has 0 saturated carbocycles. The summed E-state index contributed by atoms with van der Waals surface area (Å²) in [6.07, 6.45) is 2.95. The number of para-hydroxylation sites is 1. The van der Waals surface area contributed by atoms with E-state index < -0.39 is 24.3 Å². The first kappa shape index (κ1) is 17.1. The van der Waals surface area contributed by atoms with Gasteiger partial charge in [0.2, 0.25) is 5.95 Å². The van der Waals surface area contributed by atoms with E-state index in [4.69, 9.17) is 0 Å². The summed E-state index contributed by atoms with van der Waals surface area (Å²) in [6, 6.07) is 9.11. The van der Waals surface area contributed by atoms with Gasteiger partial charge in [0.05, 0.1) is 0 Å². The van der Waals surface area contributed by atoms with Crippen LogP contribution in [0, 0.1) is 11.6 Å². The minimum atomic E-state index is -2.99. The number of hydrogen-bond donors (Lipinski definition) is 1. The molecule has 9 heteroatoms. The summed E-state index contributed by atoms with van der Waals surface area (Å²) < 4.78 is 58.5. The van der Waals surface area contributed by atoms with Crippen LogP contribution in [-0.4, -0.2) is 21.4 Å². The molecular formula is C18H12F4N4O. The van der Waals surface area contributed by atoms with Crippen molar-refractivity contribution < 1.29 is 22.3 Å². The Kier molecular flexibility index (Phi) is 4.27. The van der Waals surface area contributed by atoms with Crippen molar-refractivity contribution in [1.82, 2.24) is 14.8 Å². The molecule has 1 aromatic heterocycles. The highest BCUT2D eigenvalue weighted by Gasteiger charge is 2.26. The van der Waals surface area contributed by atoms with Crippen LogP contribution in [0.4, 0.5) is 23.5 Å². The second-order valence-electron chi connectivity index (χ2n) is 5.72. The molecule has 0 bridgehead atoms. The highest BCUT2D eigenvalue weighted by Crippen LogP contribution is 2.36. The highest BCUT2D eigenvalue weighted by molar-refractivity contribution is 5.77. The Morgan fingerprint density at radius 3 is 2.67 bits per heavy atom. The van der Waals surface area contributed by atoms with Gasteiger partial charge < -0.3 is 10.1 Å². The van der Waals surface area contributed by atoms with Crippen LogP contribution < -0.4 is 10.1 Å². The first-order chi connectivity index (χ1) is 13.0. The van der Waals surface area contributed by atoms with E-state index in [1.165, 1.54) is 23.1 Å². The lowest BCUT2D eigenvalue weighted by atomic mass is 10.0. The smallest absolute Gasteiger partial charge is 0.387 e. The topological polar surface area (TPSA) is 52.0 Å². The number of anilines is 1. The standard InChI is InChI=1S/C18H12F4N4O/c19-12-6-5-10(7-13(12)20)14-8-15(26-18(25-14)23-9-24-26)11-3-1-2-4-16(11)27-17(21)22/h1-9,15,17H,(H,23,24,25)/t15-/m0/s1. The van der Waals surface area contributed by atoms with Crippen LogP contribution >= 0.6 is 0 Å². The fraction of sp³-hybridized carbons (Fsp3) is 0.111. The van der Waals surface area contributed by atoms with Gasteiger partial charge in [-0.1, -0.05) is 18.2 Å². The Morgan fingerprint density at radius 2 is 1.89 bits per heavy atom.